The van der Waals surface area contributed by atoms with E-state index in [1.165, 1.54) is 16.2 Å². The van der Waals surface area contributed by atoms with Crippen LogP contribution in [0, 0.1) is 0 Å². The summed E-state index contributed by atoms with van der Waals surface area (Å²) in [6.07, 6.45) is 5.52. The van der Waals surface area contributed by atoms with Crippen LogP contribution >= 0.6 is 46.3 Å². The fourth-order valence-electron chi connectivity index (χ4n) is 2.69. The highest BCUT2D eigenvalue weighted by atomic mass is 35.5. The summed E-state index contributed by atoms with van der Waals surface area (Å²) in [7, 11) is 0. The summed E-state index contributed by atoms with van der Waals surface area (Å²) in [6.45, 7) is 0. The number of benzene rings is 2. The highest BCUT2D eigenvalue weighted by molar-refractivity contribution is 7.98. The van der Waals surface area contributed by atoms with Gasteiger partial charge in [0.2, 0.25) is 5.13 Å². The summed E-state index contributed by atoms with van der Waals surface area (Å²) in [5.74, 6) is 0. The van der Waals surface area contributed by atoms with Crippen molar-refractivity contribution in [2.75, 3.05) is 11.7 Å². The van der Waals surface area contributed by atoms with Gasteiger partial charge in [-0.2, -0.15) is 10.2 Å². The predicted molar refractivity (Wildman–Crippen MR) is 125 cm³/mol. The summed E-state index contributed by atoms with van der Waals surface area (Å²) in [5, 5.41) is 15.2. The molecular formula is C20H15Cl2N5S2. The maximum absolute atomic E-state index is 6.26. The molecule has 0 aliphatic heterocycles. The number of hydrogen-bond acceptors (Lipinski definition) is 6. The number of halogens is 2. The van der Waals surface area contributed by atoms with Gasteiger partial charge in [0.1, 0.15) is 0 Å². The second-order valence-electron chi connectivity index (χ2n) is 5.96. The number of nitrogens with one attached hydrogen (secondary N) is 2. The lowest BCUT2D eigenvalue weighted by atomic mass is 10.1. The third kappa shape index (κ3) is 4.64. The van der Waals surface area contributed by atoms with Gasteiger partial charge in [0.15, 0.2) is 0 Å². The molecule has 146 valence electrons. The number of hydrogen-bond donors (Lipinski definition) is 2. The number of anilines is 1. The van der Waals surface area contributed by atoms with Gasteiger partial charge in [-0.1, -0.05) is 35.3 Å². The van der Waals surface area contributed by atoms with E-state index in [-0.39, 0.29) is 0 Å². The van der Waals surface area contributed by atoms with Crippen LogP contribution in [0.4, 0.5) is 5.13 Å². The van der Waals surface area contributed by atoms with Crippen molar-refractivity contribution in [3.8, 4) is 22.5 Å². The number of thioether (sulfide) groups is 1. The minimum atomic E-state index is 0.563. The Morgan fingerprint density at radius 1 is 1.17 bits per heavy atom. The van der Waals surface area contributed by atoms with Gasteiger partial charge in [0.05, 0.1) is 28.8 Å². The maximum Gasteiger partial charge on any atom is 0.203 e. The van der Waals surface area contributed by atoms with Gasteiger partial charge in [-0.15, -0.1) is 23.1 Å². The number of H-pyrrole nitrogens is 1. The molecule has 4 aromatic rings. The van der Waals surface area contributed by atoms with Crippen molar-refractivity contribution >= 4 is 57.6 Å². The smallest absolute Gasteiger partial charge is 0.203 e. The molecule has 0 aliphatic rings. The van der Waals surface area contributed by atoms with Gasteiger partial charge < -0.3 is 0 Å². The summed E-state index contributed by atoms with van der Waals surface area (Å²) in [6, 6.07) is 13.6. The number of nitrogens with zero attached hydrogens (tertiary/aromatic N) is 3. The number of aromatic amines is 1. The summed E-state index contributed by atoms with van der Waals surface area (Å²) < 4.78 is 0. The van der Waals surface area contributed by atoms with Crippen LogP contribution in [0.5, 0.6) is 0 Å². The van der Waals surface area contributed by atoms with Crippen LogP contribution in [0.1, 0.15) is 5.56 Å². The maximum atomic E-state index is 6.26. The van der Waals surface area contributed by atoms with E-state index in [1.807, 2.05) is 11.4 Å². The lowest BCUT2D eigenvalue weighted by Gasteiger charge is -2.02. The highest BCUT2D eigenvalue weighted by Crippen LogP contribution is 2.32. The minimum absolute atomic E-state index is 0.563. The first-order valence-corrected chi connectivity index (χ1v) is 11.4. The molecule has 5 nitrogen and oxygen atoms in total. The van der Waals surface area contributed by atoms with Gasteiger partial charge in [0, 0.05) is 32.0 Å². The molecule has 0 spiro atoms. The van der Waals surface area contributed by atoms with Crippen LogP contribution in [-0.2, 0) is 0 Å². The molecule has 0 saturated carbocycles. The molecule has 0 atom stereocenters. The molecule has 0 fully saturated rings. The van der Waals surface area contributed by atoms with Crippen LogP contribution in [-0.4, -0.2) is 27.7 Å². The van der Waals surface area contributed by atoms with Crippen molar-refractivity contribution in [1.82, 2.24) is 15.2 Å². The van der Waals surface area contributed by atoms with Crippen molar-refractivity contribution in [1.29, 1.82) is 0 Å². The van der Waals surface area contributed by atoms with Gasteiger partial charge in [-0.3, -0.25) is 10.5 Å². The third-order valence-corrected chi connectivity index (χ3v) is 6.16. The number of rotatable bonds is 6. The second-order valence-corrected chi connectivity index (χ2v) is 8.54. The molecule has 2 aromatic heterocycles. The summed E-state index contributed by atoms with van der Waals surface area (Å²) in [5.41, 5.74) is 7.41. The summed E-state index contributed by atoms with van der Waals surface area (Å²) in [4.78, 5) is 5.74. The number of aromatic nitrogens is 3. The zero-order valence-corrected chi connectivity index (χ0v) is 18.3. The molecule has 0 unspecified atom stereocenters. The molecule has 2 heterocycles. The molecule has 0 radical (unpaired) electrons. The first-order valence-electron chi connectivity index (χ1n) is 8.52. The fourth-order valence-corrected chi connectivity index (χ4v) is 4.26. The van der Waals surface area contributed by atoms with Crippen LogP contribution < -0.4 is 5.43 Å². The Kier molecular flexibility index (Phi) is 6.20. The van der Waals surface area contributed by atoms with Crippen LogP contribution in [0.25, 0.3) is 22.5 Å². The second kappa shape index (κ2) is 9.00. The minimum Gasteiger partial charge on any atom is -0.277 e. The van der Waals surface area contributed by atoms with Crippen LogP contribution in [0.15, 0.2) is 64.0 Å². The molecule has 0 amide bonds. The van der Waals surface area contributed by atoms with Crippen molar-refractivity contribution in [2.45, 2.75) is 4.90 Å². The number of thiazole rings is 1. The number of hydrazone groups is 1. The molecule has 0 aliphatic carbocycles. The van der Waals surface area contributed by atoms with Gasteiger partial charge in [-0.25, -0.2) is 4.98 Å². The molecule has 0 saturated heterocycles. The SMILES string of the molecule is CSc1ccc(-c2[nH]ncc2/C=N/Nc2nc(-c3ccc(Cl)cc3Cl)cs2)cc1. The van der Waals surface area contributed by atoms with Crippen LogP contribution in [0.2, 0.25) is 10.0 Å². The molecule has 29 heavy (non-hydrogen) atoms. The average Bonchev–Trinajstić information content (AvgIpc) is 3.38. The molecule has 9 heteroatoms. The molecular weight excluding hydrogens is 445 g/mol. The monoisotopic (exact) mass is 459 g/mol. The molecule has 2 aromatic carbocycles. The molecule has 0 bridgehead atoms. The lowest BCUT2D eigenvalue weighted by molar-refractivity contribution is 1.09. The van der Waals surface area contributed by atoms with E-state index in [0.29, 0.717) is 15.2 Å². The predicted octanol–water partition coefficient (Wildman–Crippen LogP) is 6.67. The van der Waals surface area contributed by atoms with E-state index in [1.54, 1.807) is 36.3 Å². The topological polar surface area (TPSA) is 66.0 Å². The Hall–Kier alpha value is -2.32. The highest BCUT2D eigenvalue weighted by Gasteiger charge is 2.09. The van der Waals surface area contributed by atoms with Crippen molar-refractivity contribution < 1.29 is 0 Å². The molecule has 4 rings (SSSR count). The first kappa shape index (κ1) is 20.0. The quantitative estimate of drug-likeness (QED) is 0.192. The Morgan fingerprint density at radius 3 is 2.76 bits per heavy atom. The standard InChI is InChI=1S/C20H15Cl2N5S2/c1-28-15-5-2-12(3-6-15)19-13(9-23-26-19)10-24-27-20-25-18(11-29-20)16-7-4-14(21)8-17(16)22/h2-11H,1H3,(H,23,26)(H,25,27)/b24-10+. The Morgan fingerprint density at radius 2 is 2.00 bits per heavy atom. The fraction of sp³-hybridized carbons (Fsp3) is 0.0500. The first-order chi connectivity index (χ1) is 14.1. The van der Waals surface area contributed by atoms with E-state index in [0.717, 1.165) is 28.1 Å². The van der Waals surface area contributed by atoms with E-state index in [9.17, 15) is 0 Å². The Labute approximate surface area is 186 Å². The van der Waals surface area contributed by atoms with Crippen molar-refractivity contribution in [3.05, 3.63) is 69.7 Å². The van der Waals surface area contributed by atoms with E-state index >= 15 is 0 Å². The van der Waals surface area contributed by atoms with Crippen molar-refractivity contribution in [3.63, 3.8) is 0 Å². The molecule has 2 N–H and O–H groups in total. The van der Waals surface area contributed by atoms with Gasteiger partial charge in [0.25, 0.3) is 0 Å². The average molecular weight is 460 g/mol. The van der Waals surface area contributed by atoms with Crippen molar-refractivity contribution in [2.24, 2.45) is 5.10 Å². The Bertz CT molecular complexity index is 1150. The Balaban J connectivity index is 1.48. The summed E-state index contributed by atoms with van der Waals surface area (Å²) >= 11 is 15.4. The van der Waals surface area contributed by atoms with E-state index < -0.39 is 0 Å². The zero-order valence-electron chi connectivity index (χ0n) is 15.2. The lowest BCUT2D eigenvalue weighted by Crippen LogP contribution is -1.91. The van der Waals surface area contributed by atoms with E-state index in [4.69, 9.17) is 23.2 Å². The van der Waals surface area contributed by atoms with Gasteiger partial charge >= 0.3 is 0 Å². The normalized spacial score (nSPS) is 11.3. The van der Waals surface area contributed by atoms with Gasteiger partial charge in [-0.05, 0) is 36.6 Å². The largest absolute Gasteiger partial charge is 0.277 e. The third-order valence-electron chi connectivity index (χ3n) is 4.12. The zero-order chi connectivity index (χ0) is 20.2. The van der Waals surface area contributed by atoms with Crippen LogP contribution in [0.3, 0.4) is 0 Å². The van der Waals surface area contributed by atoms with E-state index in [2.05, 4.69) is 56.2 Å².